The van der Waals surface area contributed by atoms with Gasteiger partial charge in [0.05, 0.1) is 17.3 Å². The molecule has 3 rings (SSSR count). The van der Waals surface area contributed by atoms with Gasteiger partial charge in [-0.3, -0.25) is 10.1 Å². The monoisotopic (exact) mass is 397 g/mol. The lowest BCUT2D eigenvalue weighted by Gasteiger charge is -2.03. The van der Waals surface area contributed by atoms with Crippen molar-refractivity contribution < 1.29 is 18.3 Å². The molecule has 0 atom stereocenters. The highest BCUT2D eigenvalue weighted by molar-refractivity contribution is 7.14. The van der Waals surface area contributed by atoms with Crippen LogP contribution in [0.25, 0.3) is 17.3 Å². The van der Waals surface area contributed by atoms with Gasteiger partial charge in [-0.25, -0.2) is 4.98 Å². The molecular formula is C20H13F2N3O2S. The van der Waals surface area contributed by atoms with E-state index in [1.165, 1.54) is 29.5 Å². The Hall–Kier alpha value is -3.57. The Bertz CT molecular complexity index is 1020. The molecule has 0 aliphatic rings. The largest absolute Gasteiger partial charge is 0.435 e. The van der Waals surface area contributed by atoms with Crippen LogP contribution >= 0.6 is 11.3 Å². The van der Waals surface area contributed by atoms with Crippen molar-refractivity contribution in [1.82, 2.24) is 4.98 Å². The Morgan fingerprint density at radius 1 is 1.18 bits per heavy atom. The number of carbonyl (C=O) groups is 1. The summed E-state index contributed by atoms with van der Waals surface area (Å²) in [6, 6.07) is 15.0. The lowest BCUT2D eigenvalue weighted by atomic mass is 10.1. The van der Waals surface area contributed by atoms with E-state index in [-0.39, 0.29) is 11.7 Å². The van der Waals surface area contributed by atoms with Gasteiger partial charge in [0.25, 0.3) is 0 Å². The highest BCUT2D eigenvalue weighted by atomic mass is 32.1. The smallest absolute Gasteiger partial charge is 0.387 e. The molecule has 140 valence electrons. The Kier molecular flexibility index (Phi) is 6.09. The molecule has 0 saturated heterocycles. The average molecular weight is 397 g/mol. The zero-order valence-corrected chi connectivity index (χ0v) is 15.1. The van der Waals surface area contributed by atoms with Gasteiger partial charge >= 0.3 is 6.61 Å². The van der Waals surface area contributed by atoms with Gasteiger partial charge in [0, 0.05) is 17.0 Å². The van der Waals surface area contributed by atoms with Gasteiger partial charge in [0.15, 0.2) is 5.13 Å². The highest BCUT2D eigenvalue weighted by Gasteiger charge is 2.07. The topological polar surface area (TPSA) is 75.0 Å². The summed E-state index contributed by atoms with van der Waals surface area (Å²) in [6.45, 7) is -2.88. The Morgan fingerprint density at radius 2 is 1.89 bits per heavy atom. The molecule has 5 nitrogen and oxygen atoms in total. The number of halogens is 2. The highest BCUT2D eigenvalue weighted by Crippen LogP contribution is 2.25. The molecule has 0 aliphatic carbocycles. The molecule has 1 amide bonds. The van der Waals surface area contributed by atoms with Gasteiger partial charge in [0.2, 0.25) is 5.91 Å². The van der Waals surface area contributed by atoms with Gasteiger partial charge < -0.3 is 4.74 Å². The van der Waals surface area contributed by atoms with E-state index in [0.717, 1.165) is 5.56 Å². The summed E-state index contributed by atoms with van der Waals surface area (Å²) in [4.78, 5) is 16.4. The summed E-state index contributed by atoms with van der Waals surface area (Å²) < 4.78 is 28.5. The fourth-order valence-corrected chi connectivity index (χ4v) is 2.98. The number of nitriles is 1. The van der Waals surface area contributed by atoms with E-state index < -0.39 is 6.61 Å². The molecule has 3 aromatic rings. The fourth-order valence-electron chi connectivity index (χ4n) is 2.26. The van der Waals surface area contributed by atoms with Crippen LogP contribution in [0.3, 0.4) is 0 Å². The number of rotatable bonds is 6. The van der Waals surface area contributed by atoms with Crippen LogP contribution in [0.5, 0.6) is 5.75 Å². The fraction of sp³-hybridized carbons (Fsp3) is 0.0500. The van der Waals surface area contributed by atoms with Crippen LogP contribution in [0.1, 0.15) is 11.1 Å². The van der Waals surface area contributed by atoms with Crippen LogP contribution in [0.15, 0.2) is 60.0 Å². The van der Waals surface area contributed by atoms with Crippen LogP contribution in [0.4, 0.5) is 13.9 Å². The molecule has 1 heterocycles. The van der Waals surface area contributed by atoms with E-state index in [2.05, 4.69) is 21.1 Å². The quantitative estimate of drug-likeness (QED) is 0.598. The third kappa shape index (κ3) is 5.22. The van der Waals surface area contributed by atoms with Crippen LogP contribution in [-0.2, 0) is 4.79 Å². The van der Waals surface area contributed by atoms with Gasteiger partial charge in [0.1, 0.15) is 5.75 Å². The van der Waals surface area contributed by atoms with Gasteiger partial charge in [-0.2, -0.15) is 14.0 Å². The molecular weight excluding hydrogens is 384 g/mol. The Morgan fingerprint density at radius 3 is 2.54 bits per heavy atom. The van der Waals surface area contributed by atoms with E-state index in [9.17, 15) is 13.6 Å². The number of anilines is 1. The number of amides is 1. The molecule has 28 heavy (non-hydrogen) atoms. The van der Waals surface area contributed by atoms with Crippen molar-refractivity contribution in [1.29, 1.82) is 5.26 Å². The first kappa shape index (κ1) is 19.2. The van der Waals surface area contributed by atoms with Gasteiger partial charge in [-0.05, 0) is 35.9 Å². The summed E-state index contributed by atoms with van der Waals surface area (Å²) in [5.41, 5.74) is 2.77. The molecule has 0 spiro atoms. The SMILES string of the molecule is N#Cc1ccc(-c2csc(NC(=O)C=Cc3ccc(OC(F)F)cc3)n2)cc1. The van der Waals surface area contributed by atoms with Crippen molar-refractivity contribution >= 4 is 28.5 Å². The van der Waals surface area contributed by atoms with Crippen molar-refractivity contribution in [3.8, 4) is 23.1 Å². The summed E-state index contributed by atoms with van der Waals surface area (Å²) in [5.74, 6) is -0.316. The maximum absolute atomic E-state index is 12.1. The van der Waals surface area contributed by atoms with Crippen molar-refractivity contribution in [3.05, 3.63) is 71.1 Å². The van der Waals surface area contributed by atoms with Gasteiger partial charge in [-0.15, -0.1) is 11.3 Å². The summed E-state index contributed by atoms with van der Waals surface area (Å²) >= 11 is 1.28. The number of aromatic nitrogens is 1. The number of nitrogens with one attached hydrogen (secondary N) is 1. The predicted molar refractivity (Wildman–Crippen MR) is 103 cm³/mol. The molecule has 1 N–H and O–H groups in total. The minimum atomic E-state index is -2.88. The lowest BCUT2D eigenvalue weighted by molar-refractivity contribution is -0.111. The second-order valence-electron chi connectivity index (χ2n) is 5.50. The second-order valence-corrected chi connectivity index (χ2v) is 6.36. The van der Waals surface area contributed by atoms with Crippen LogP contribution in [0.2, 0.25) is 0 Å². The minimum absolute atomic E-state index is 0.0507. The number of nitrogens with zero attached hydrogens (tertiary/aromatic N) is 2. The molecule has 0 saturated carbocycles. The van der Waals surface area contributed by atoms with E-state index in [1.807, 2.05) is 5.38 Å². The van der Waals surface area contributed by atoms with Crippen LogP contribution < -0.4 is 10.1 Å². The van der Waals surface area contributed by atoms with E-state index >= 15 is 0 Å². The number of benzene rings is 2. The second kappa shape index (κ2) is 8.88. The van der Waals surface area contributed by atoms with Crippen molar-refractivity contribution in [2.75, 3.05) is 5.32 Å². The maximum Gasteiger partial charge on any atom is 0.387 e. The third-order valence-electron chi connectivity index (χ3n) is 3.58. The Labute approximate surface area is 163 Å². The number of ether oxygens (including phenoxy) is 1. The van der Waals surface area contributed by atoms with Gasteiger partial charge in [-0.1, -0.05) is 24.3 Å². The summed E-state index contributed by atoms with van der Waals surface area (Å²) in [5, 5.41) is 13.7. The maximum atomic E-state index is 12.1. The number of thiazole rings is 1. The first-order valence-corrected chi connectivity index (χ1v) is 8.91. The predicted octanol–water partition coefficient (Wildman–Crippen LogP) is 4.94. The standard InChI is InChI=1S/C20H13F2N3O2S/c21-19(22)27-16-8-3-13(4-9-16)5-10-18(26)25-20-24-17(12-28-20)15-6-1-14(11-23)2-7-15/h1-10,12,19H,(H,24,25,26). The number of carbonyl (C=O) groups excluding carboxylic acids is 1. The molecule has 0 radical (unpaired) electrons. The van der Waals surface area contributed by atoms with Crippen LogP contribution in [-0.4, -0.2) is 17.5 Å². The first-order chi connectivity index (χ1) is 13.5. The van der Waals surface area contributed by atoms with E-state index in [0.29, 0.717) is 22.0 Å². The first-order valence-electron chi connectivity index (χ1n) is 8.03. The van der Waals surface area contributed by atoms with Crippen molar-refractivity contribution in [2.45, 2.75) is 6.61 Å². The van der Waals surface area contributed by atoms with Crippen molar-refractivity contribution in [2.24, 2.45) is 0 Å². The lowest BCUT2D eigenvalue weighted by Crippen LogP contribution is -2.07. The molecule has 0 fully saturated rings. The molecule has 8 heteroatoms. The zero-order valence-electron chi connectivity index (χ0n) is 14.3. The summed E-state index contributed by atoms with van der Waals surface area (Å²) in [6.07, 6.45) is 2.88. The number of hydrogen-bond donors (Lipinski definition) is 1. The minimum Gasteiger partial charge on any atom is -0.435 e. The molecule has 1 aromatic heterocycles. The molecule has 2 aromatic carbocycles. The Balaban J connectivity index is 1.59. The number of hydrogen-bond acceptors (Lipinski definition) is 5. The van der Waals surface area contributed by atoms with E-state index in [1.54, 1.807) is 42.5 Å². The summed E-state index contributed by atoms with van der Waals surface area (Å²) in [7, 11) is 0. The normalized spacial score (nSPS) is 10.8. The molecule has 0 unspecified atom stereocenters. The van der Waals surface area contributed by atoms with E-state index in [4.69, 9.17) is 5.26 Å². The average Bonchev–Trinajstić information content (AvgIpc) is 3.15. The van der Waals surface area contributed by atoms with Crippen molar-refractivity contribution in [3.63, 3.8) is 0 Å². The van der Waals surface area contributed by atoms with Crippen LogP contribution in [0, 0.1) is 11.3 Å². The zero-order chi connectivity index (χ0) is 19.9. The third-order valence-corrected chi connectivity index (χ3v) is 4.33. The number of alkyl halides is 2. The molecule has 0 bridgehead atoms. The molecule has 0 aliphatic heterocycles.